The molecule has 1 rings (SSSR count). The van der Waals surface area contributed by atoms with Crippen LogP contribution >= 0.6 is 0 Å². The number of rotatable bonds is 4. The first-order valence-electron chi connectivity index (χ1n) is 5.74. The van der Waals surface area contributed by atoms with E-state index in [1.165, 1.54) is 24.2 Å². The number of halogens is 3. The van der Waals surface area contributed by atoms with Crippen molar-refractivity contribution in [3.05, 3.63) is 35.4 Å². The molecule has 19 heavy (non-hydrogen) atoms. The molecule has 1 aromatic rings. The summed E-state index contributed by atoms with van der Waals surface area (Å²) in [5.41, 5.74) is 0.469. The van der Waals surface area contributed by atoms with Crippen LogP contribution in [0.1, 0.15) is 18.1 Å². The van der Waals surface area contributed by atoms with Gasteiger partial charge in [-0.05, 0) is 13.8 Å². The van der Waals surface area contributed by atoms with E-state index < -0.39 is 17.7 Å². The number of hydrogen-bond acceptors (Lipinski definition) is 3. The van der Waals surface area contributed by atoms with Gasteiger partial charge in [0.25, 0.3) is 5.78 Å². The molecule has 0 saturated heterocycles. The monoisotopic (exact) mass is 272 g/mol. The maximum Gasteiger partial charge on any atom is 0.456 e. The zero-order valence-electron chi connectivity index (χ0n) is 11.0. The number of carbonyl (C=O) groups excluding carboxylic acids is 1. The van der Waals surface area contributed by atoms with Gasteiger partial charge >= 0.3 is 6.18 Å². The average Bonchev–Trinajstić information content (AvgIpc) is 2.35. The van der Waals surface area contributed by atoms with Crippen molar-refractivity contribution >= 4 is 11.5 Å². The molecule has 0 aromatic heterocycles. The summed E-state index contributed by atoms with van der Waals surface area (Å²) in [5, 5.41) is 5.03. The van der Waals surface area contributed by atoms with E-state index in [0.717, 1.165) is 5.56 Å². The number of hydrazone groups is 1. The van der Waals surface area contributed by atoms with Crippen molar-refractivity contribution < 1.29 is 18.0 Å². The number of alkyl halides is 3. The Morgan fingerprint density at radius 1 is 1.26 bits per heavy atom. The number of ketones is 1. The van der Waals surface area contributed by atoms with Gasteiger partial charge < -0.3 is 0 Å². The maximum absolute atomic E-state index is 12.6. The van der Waals surface area contributed by atoms with Crippen LogP contribution in [0.25, 0.3) is 0 Å². The molecular weight excluding hydrogens is 257 g/mol. The van der Waals surface area contributed by atoms with Crippen LogP contribution in [-0.4, -0.2) is 36.3 Å². The second-order valence-electron chi connectivity index (χ2n) is 4.12. The Labute approximate surface area is 109 Å². The van der Waals surface area contributed by atoms with Crippen molar-refractivity contribution in [2.45, 2.75) is 20.0 Å². The fourth-order valence-corrected chi connectivity index (χ4v) is 1.32. The zero-order valence-corrected chi connectivity index (χ0v) is 11.0. The molecule has 0 amide bonds. The van der Waals surface area contributed by atoms with E-state index in [1.807, 2.05) is 6.92 Å². The number of hydrogen-bond donors (Lipinski definition) is 0. The van der Waals surface area contributed by atoms with Crippen LogP contribution in [-0.2, 0) is 4.79 Å². The van der Waals surface area contributed by atoms with Crippen LogP contribution in [0.4, 0.5) is 13.2 Å². The van der Waals surface area contributed by atoms with Crippen molar-refractivity contribution in [3.63, 3.8) is 0 Å². The number of carbonyl (C=O) groups is 1. The molecule has 0 unspecified atom stereocenters. The van der Waals surface area contributed by atoms with Crippen molar-refractivity contribution in [1.82, 2.24) is 5.01 Å². The Morgan fingerprint density at radius 2 is 1.79 bits per heavy atom. The molecule has 0 bridgehead atoms. The Kier molecular flexibility index (Phi) is 4.69. The van der Waals surface area contributed by atoms with Gasteiger partial charge in [0.1, 0.15) is 5.71 Å². The van der Waals surface area contributed by atoms with Gasteiger partial charge in [-0.3, -0.25) is 9.80 Å². The summed E-state index contributed by atoms with van der Waals surface area (Å²) in [6.45, 7) is 3.94. The Balaban J connectivity index is 3.24. The van der Waals surface area contributed by atoms with Gasteiger partial charge in [0.05, 0.1) is 0 Å². The van der Waals surface area contributed by atoms with Gasteiger partial charge in [0, 0.05) is 19.2 Å². The molecule has 0 aliphatic heterocycles. The minimum Gasteiger partial charge on any atom is -0.300 e. The second-order valence-corrected chi connectivity index (χ2v) is 4.12. The van der Waals surface area contributed by atoms with Crippen LogP contribution in [0.2, 0.25) is 0 Å². The van der Waals surface area contributed by atoms with Gasteiger partial charge in [-0.15, -0.1) is 0 Å². The van der Waals surface area contributed by atoms with Gasteiger partial charge in [0.15, 0.2) is 0 Å². The molecule has 0 fully saturated rings. The average molecular weight is 272 g/mol. The second kappa shape index (κ2) is 5.86. The first-order valence-corrected chi connectivity index (χ1v) is 5.74. The summed E-state index contributed by atoms with van der Waals surface area (Å²) in [6.07, 6.45) is -4.93. The number of aryl methyl sites for hydroxylation is 1. The third-order valence-corrected chi connectivity index (χ3v) is 2.53. The molecule has 0 aliphatic carbocycles. The molecule has 0 atom stereocenters. The fraction of sp³-hybridized carbons (Fsp3) is 0.385. The quantitative estimate of drug-likeness (QED) is 0.623. The number of benzene rings is 1. The molecule has 0 N–H and O–H groups in total. The Morgan fingerprint density at radius 3 is 2.21 bits per heavy atom. The van der Waals surface area contributed by atoms with Crippen molar-refractivity contribution in [2.24, 2.45) is 5.10 Å². The molecule has 6 heteroatoms. The smallest absolute Gasteiger partial charge is 0.300 e. The summed E-state index contributed by atoms with van der Waals surface area (Å²) >= 11 is 0. The molecule has 0 heterocycles. The highest BCUT2D eigenvalue weighted by atomic mass is 19.4. The topological polar surface area (TPSA) is 32.7 Å². The van der Waals surface area contributed by atoms with Gasteiger partial charge in [0.2, 0.25) is 0 Å². The van der Waals surface area contributed by atoms with E-state index in [9.17, 15) is 18.0 Å². The first-order chi connectivity index (χ1) is 8.75. The summed E-state index contributed by atoms with van der Waals surface area (Å²) in [7, 11) is 1.51. The Hall–Kier alpha value is -1.85. The number of Topliss-reactive ketones (excluding diaryl/α,β-unsaturated/α-hetero) is 1. The summed E-state index contributed by atoms with van der Waals surface area (Å²) in [4.78, 5) is 11.4. The van der Waals surface area contributed by atoms with Gasteiger partial charge in [-0.25, -0.2) is 0 Å². The summed E-state index contributed by atoms with van der Waals surface area (Å²) in [6, 6.07) is 6.20. The van der Waals surface area contributed by atoms with E-state index in [2.05, 4.69) is 5.10 Å². The van der Waals surface area contributed by atoms with E-state index >= 15 is 0 Å². The third kappa shape index (κ3) is 4.08. The van der Waals surface area contributed by atoms with Crippen LogP contribution < -0.4 is 0 Å². The third-order valence-electron chi connectivity index (χ3n) is 2.53. The normalized spacial score (nSPS) is 12.4. The standard InChI is InChI=1S/C13H15F3N2O/c1-4-18(3)17-11(12(19)13(14,15)16)10-7-5-9(2)6-8-10/h5-8H,4H2,1-3H3/b17-11+. The van der Waals surface area contributed by atoms with Crippen molar-refractivity contribution in [2.75, 3.05) is 13.6 Å². The van der Waals surface area contributed by atoms with E-state index in [4.69, 9.17) is 0 Å². The van der Waals surface area contributed by atoms with Crippen LogP contribution in [0.5, 0.6) is 0 Å². The van der Waals surface area contributed by atoms with E-state index in [-0.39, 0.29) is 5.56 Å². The lowest BCUT2D eigenvalue weighted by atomic mass is 10.0. The predicted molar refractivity (Wildman–Crippen MR) is 67.1 cm³/mol. The summed E-state index contributed by atoms with van der Waals surface area (Å²) < 4.78 is 37.7. The Bertz CT molecular complexity index is 478. The minimum atomic E-state index is -4.93. The highest BCUT2D eigenvalue weighted by Crippen LogP contribution is 2.20. The predicted octanol–water partition coefficient (Wildman–Crippen LogP) is 2.78. The molecule has 0 spiro atoms. The van der Waals surface area contributed by atoms with Gasteiger partial charge in [-0.1, -0.05) is 29.8 Å². The zero-order chi connectivity index (χ0) is 14.6. The van der Waals surface area contributed by atoms with Gasteiger partial charge in [-0.2, -0.15) is 18.3 Å². The van der Waals surface area contributed by atoms with Crippen molar-refractivity contribution in [3.8, 4) is 0 Å². The lowest BCUT2D eigenvalue weighted by Gasteiger charge is -2.14. The molecule has 0 saturated carbocycles. The summed E-state index contributed by atoms with van der Waals surface area (Å²) in [5.74, 6) is -1.93. The molecule has 1 aromatic carbocycles. The fourth-order valence-electron chi connectivity index (χ4n) is 1.32. The molecule has 104 valence electrons. The van der Waals surface area contributed by atoms with Crippen molar-refractivity contribution in [1.29, 1.82) is 0 Å². The van der Waals surface area contributed by atoms with Crippen LogP contribution in [0.3, 0.4) is 0 Å². The highest BCUT2D eigenvalue weighted by molar-refractivity contribution is 6.47. The maximum atomic E-state index is 12.6. The molecule has 0 radical (unpaired) electrons. The first kappa shape index (κ1) is 15.2. The lowest BCUT2D eigenvalue weighted by molar-refractivity contribution is -0.163. The lowest BCUT2D eigenvalue weighted by Crippen LogP contribution is -2.33. The van der Waals surface area contributed by atoms with Crippen LogP contribution in [0.15, 0.2) is 29.4 Å². The molecule has 0 aliphatic rings. The SMILES string of the molecule is CCN(C)/N=C(/C(=O)C(F)(F)F)c1ccc(C)cc1. The van der Waals surface area contributed by atoms with E-state index in [1.54, 1.807) is 19.1 Å². The molecular formula is C13H15F3N2O. The number of nitrogens with zero attached hydrogens (tertiary/aromatic N) is 2. The van der Waals surface area contributed by atoms with E-state index in [0.29, 0.717) is 6.54 Å². The van der Waals surface area contributed by atoms with Crippen LogP contribution in [0, 0.1) is 6.92 Å². The largest absolute Gasteiger partial charge is 0.456 e. The highest BCUT2D eigenvalue weighted by Gasteiger charge is 2.42. The minimum absolute atomic E-state index is 0.160. The molecule has 3 nitrogen and oxygen atoms in total.